The number of phenolic OH excluding ortho intramolecular Hbond substituents is 1. The van der Waals surface area contributed by atoms with Crippen molar-refractivity contribution >= 4 is 5.97 Å². The van der Waals surface area contributed by atoms with E-state index >= 15 is 0 Å². The van der Waals surface area contributed by atoms with E-state index in [1.165, 1.54) is 89.9 Å². The van der Waals surface area contributed by atoms with Gasteiger partial charge >= 0.3 is 5.97 Å². The molecule has 0 saturated heterocycles. The summed E-state index contributed by atoms with van der Waals surface area (Å²) in [5.41, 5.74) is 1.66. The number of carbonyl (C=O) groups excluding carboxylic acids is 1. The first kappa shape index (κ1) is 37.5. The number of ether oxygens (including phenoxy) is 1. The molecular weight excluding hydrogens is 504 g/mol. The Morgan fingerprint density at radius 3 is 1.32 bits per heavy atom. The Kier molecular flexibility index (Phi) is 16.7. The van der Waals surface area contributed by atoms with Crippen molar-refractivity contribution in [2.45, 2.75) is 195 Å². The maximum absolute atomic E-state index is 12.9. The molecule has 238 valence electrons. The Hall–Kier alpha value is -1.51. The van der Waals surface area contributed by atoms with Crippen molar-refractivity contribution in [1.29, 1.82) is 0 Å². The highest BCUT2D eigenvalue weighted by atomic mass is 16.6. The summed E-state index contributed by atoms with van der Waals surface area (Å²) in [4.78, 5) is 12.9. The van der Waals surface area contributed by atoms with Gasteiger partial charge in [-0.15, -0.1) is 0 Å². The first-order valence-corrected chi connectivity index (χ1v) is 17.2. The number of hydrogen-bond acceptors (Lipinski definition) is 3. The Morgan fingerprint density at radius 1 is 0.659 bits per heavy atom. The van der Waals surface area contributed by atoms with Gasteiger partial charge in [-0.2, -0.15) is 0 Å². The molecule has 0 aliphatic heterocycles. The van der Waals surface area contributed by atoms with Crippen molar-refractivity contribution in [3.05, 3.63) is 28.8 Å². The molecule has 0 spiro atoms. The molecule has 0 amide bonds. The van der Waals surface area contributed by atoms with Crippen LogP contribution in [0.1, 0.15) is 195 Å². The Bertz CT molecular complexity index is 835. The summed E-state index contributed by atoms with van der Waals surface area (Å²) in [5, 5.41) is 11.2. The van der Waals surface area contributed by atoms with Crippen molar-refractivity contribution in [1.82, 2.24) is 0 Å². The van der Waals surface area contributed by atoms with E-state index in [9.17, 15) is 9.90 Å². The summed E-state index contributed by atoms with van der Waals surface area (Å²) in [6.45, 7) is 20.9. The summed E-state index contributed by atoms with van der Waals surface area (Å²) in [7, 11) is 0. The Labute approximate surface area is 255 Å². The fraction of sp³-hybridized carbons (Fsp3) is 0.816. The molecule has 0 heterocycles. The minimum Gasteiger partial charge on any atom is -0.507 e. The molecule has 1 unspecified atom stereocenters. The lowest BCUT2D eigenvalue weighted by molar-refractivity contribution is -0.164. The van der Waals surface area contributed by atoms with Crippen LogP contribution >= 0.6 is 0 Å². The van der Waals surface area contributed by atoms with Crippen molar-refractivity contribution in [3.63, 3.8) is 0 Å². The quantitative estimate of drug-likeness (QED) is 0.125. The zero-order chi connectivity index (χ0) is 31.1. The number of carbonyl (C=O) groups is 1. The van der Waals surface area contributed by atoms with Gasteiger partial charge in [-0.05, 0) is 59.4 Å². The molecule has 0 saturated carbocycles. The lowest BCUT2D eigenvalue weighted by atomic mass is 9.75. The molecule has 0 fully saturated rings. The zero-order valence-corrected chi connectivity index (χ0v) is 29.0. The van der Waals surface area contributed by atoms with Gasteiger partial charge in [-0.1, -0.05) is 159 Å². The summed E-state index contributed by atoms with van der Waals surface area (Å²) in [6, 6.07) is 4.18. The van der Waals surface area contributed by atoms with Gasteiger partial charge < -0.3 is 9.84 Å². The van der Waals surface area contributed by atoms with Gasteiger partial charge in [0.2, 0.25) is 0 Å². The van der Waals surface area contributed by atoms with E-state index in [0.29, 0.717) is 5.75 Å². The molecule has 0 radical (unpaired) electrons. The normalized spacial score (nSPS) is 13.9. The molecule has 0 bridgehead atoms. The monoisotopic (exact) mass is 573 g/mol. The van der Waals surface area contributed by atoms with Crippen LogP contribution in [-0.2, 0) is 26.0 Å². The fourth-order valence-corrected chi connectivity index (χ4v) is 5.69. The van der Waals surface area contributed by atoms with E-state index < -0.39 is 5.60 Å². The van der Waals surface area contributed by atoms with E-state index in [1.807, 2.05) is 13.8 Å². The van der Waals surface area contributed by atoms with Crippen LogP contribution in [0.3, 0.4) is 0 Å². The van der Waals surface area contributed by atoms with Crippen molar-refractivity contribution in [3.8, 4) is 5.75 Å². The largest absolute Gasteiger partial charge is 0.507 e. The molecule has 0 aromatic heterocycles. The van der Waals surface area contributed by atoms with Crippen LogP contribution < -0.4 is 0 Å². The number of esters is 1. The second-order valence-electron chi connectivity index (χ2n) is 15.3. The average Bonchev–Trinajstić information content (AvgIpc) is 2.87. The summed E-state index contributed by atoms with van der Waals surface area (Å²) in [5.74, 6) is 0.0294. The van der Waals surface area contributed by atoms with Crippen molar-refractivity contribution in [2.24, 2.45) is 5.92 Å². The molecular formula is C38H68O3. The smallest absolute Gasteiger partial charge is 0.309 e. The van der Waals surface area contributed by atoms with Gasteiger partial charge in [0.15, 0.2) is 0 Å². The van der Waals surface area contributed by atoms with E-state index in [4.69, 9.17) is 4.74 Å². The summed E-state index contributed by atoms with van der Waals surface area (Å²) < 4.78 is 6.26. The summed E-state index contributed by atoms with van der Waals surface area (Å²) in [6.07, 6.45) is 22.2. The lowest BCUT2D eigenvalue weighted by Gasteiger charge is -2.35. The van der Waals surface area contributed by atoms with Gasteiger partial charge in [0.1, 0.15) is 11.4 Å². The van der Waals surface area contributed by atoms with E-state index in [0.717, 1.165) is 36.0 Å². The minimum absolute atomic E-state index is 0.160. The molecule has 1 atom stereocenters. The number of unbranched alkanes of at least 4 members (excludes halogenated alkanes) is 15. The number of benzene rings is 1. The van der Waals surface area contributed by atoms with Gasteiger partial charge in [0.25, 0.3) is 0 Å². The fourth-order valence-electron chi connectivity index (χ4n) is 5.69. The predicted octanol–water partition coefficient (Wildman–Crippen LogP) is 12.1. The highest BCUT2D eigenvalue weighted by Gasteiger charge is 2.36. The molecule has 1 rings (SSSR count). The molecule has 1 aromatic rings. The van der Waals surface area contributed by atoms with Crippen molar-refractivity contribution < 1.29 is 14.6 Å². The van der Waals surface area contributed by atoms with Crippen LogP contribution in [0.4, 0.5) is 0 Å². The topological polar surface area (TPSA) is 46.5 Å². The van der Waals surface area contributed by atoms with Crippen molar-refractivity contribution in [2.75, 3.05) is 0 Å². The highest BCUT2D eigenvalue weighted by Crippen LogP contribution is 2.44. The first-order chi connectivity index (χ1) is 19.1. The molecule has 1 aromatic carbocycles. The second kappa shape index (κ2) is 18.2. The molecule has 3 heteroatoms. The molecule has 0 aliphatic rings. The molecule has 1 N–H and O–H groups in total. The van der Waals surface area contributed by atoms with Crippen LogP contribution in [0, 0.1) is 5.92 Å². The summed E-state index contributed by atoms with van der Waals surface area (Å²) >= 11 is 0. The third kappa shape index (κ3) is 14.0. The predicted molar refractivity (Wildman–Crippen MR) is 178 cm³/mol. The first-order valence-electron chi connectivity index (χ1n) is 17.2. The van der Waals surface area contributed by atoms with E-state index in [-0.39, 0.29) is 22.7 Å². The standard InChI is InChI=1S/C38H68O3/c1-11-12-13-14-15-16-17-18-19-20-21-22-23-24-25-26-27-38(10,41-35(40)30(2)3)31-28-32(36(4,5)6)34(39)33(29-31)37(7,8)9/h28-30,39H,11-27H2,1-10H3. The van der Waals surface area contributed by atoms with Crippen LogP contribution in [0.15, 0.2) is 12.1 Å². The van der Waals surface area contributed by atoms with E-state index in [1.54, 1.807) is 0 Å². The van der Waals surface area contributed by atoms with Gasteiger partial charge in [0.05, 0.1) is 5.92 Å². The number of phenols is 1. The van der Waals surface area contributed by atoms with Crippen LogP contribution in [0.25, 0.3) is 0 Å². The Balaban J connectivity index is 2.66. The molecule has 41 heavy (non-hydrogen) atoms. The minimum atomic E-state index is -0.717. The van der Waals surface area contributed by atoms with Gasteiger partial charge in [0, 0.05) is 0 Å². The SMILES string of the molecule is CCCCCCCCCCCCCCCCCCC(C)(OC(=O)C(C)C)c1cc(C(C)(C)C)c(O)c(C(C)(C)C)c1. The third-order valence-corrected chi connectivity index (χ3v) is 8.64. The highest BCUT2D eigenvalue weighted by molar-refractivity contribution is 5.72. The second-order valence-corrected chi connectivity index (χ2v) is 15.3. The lowest BCUT2D eigenvalue weighted by Crippen LogP contribution is -2.32. The van der Waals surface area contributed by atoms with Gasteiger partial charge in [-0.3, -0.25) is 4.79 Å². The Morgan fingerprint density at radius 2 is 1.00 bits per heavy atom. The maximum atomic E-state index is 12.9. The number of hydrogen-bond donors (Lipinski definition) is 1. The van der Waals surface area contributed by atoms with Crippen LogP contribution in [-0.4, -0.2) is 11.1 Å². The number of aromatic hydroxyl groups is 1. The average molecular weight is 573 g/mol. The van der Waals surface area contributed by atoms with E-state index in [2.05, 4.69) is 67.5 Å². The number of rotatable bonds is 20. The van der Waals surface area contributed by atoms with Gasteiger partial charge in [-0.25, -0.2) is 0 Å². The third-order valence-electron chi connectivity index (χ3n) is 8.64. The maximum Gasteiger partial charge on any atom is 0.309 e. The molecule has 0 aliphatic carbocycles. The van der Waals surface area contributed by atoms with Crippen LogP contribution in [0.5, 0.6) is 5.75 Å². The van der Waals surface area contributed by atoms with Crippen LogP contribution in [0.2, 0.25) is 0 Å². The molecule has 3 nitrogen and oxygen atoms in total. The zero-order valence-electron chi connectivity index (χ0n) is 29.0.